The Morgan fingerprint density at radius 1 is 1.41 bits per heavy atom. The largest absolute Gasteiger partial charge is 0.418 e. The minimum absolute atomic E-state index is 0.174. The molecule has 1 aliphatic rings. The van der Waals surface area contributed by atoms with E-state index in [9.17, 15) is 13.2 Å². The van der Waals surface area contributed by atoms with E-state index in [1.54, 1.807) is 4.90 Å². The van der Waals surface area contributed by atoms with Gasteiger partial charge >= 0.3 is 6.18 Å². The minimum Gasteiger partial charge on any atom is -0.370 e. The average molecular weight is 243 g/mol. The van der Waals surface area contributed by atoms with Crippen LogP contribution in [0.25, 0.3) is 0 Å². The maximum Gasteiger partial charge on any atom is 0.418 e. The normalized spacial score (nSPS) is 21.6. The second kappa shape index (κ2) is 4.55. The number of pyridine rings is 1. The van der Waals surface area contributed by atoms with Crippen LogP contribution in [-0.2, 0) is 6.18 Å². The first-order valence-electron chi connectivity index (χ1n) is 5.57. The fraction of sp³-hybridized carbons (Fsp3) is 0.500. The SMILES string of the molecule is [CH2][C@H]1CCCN(c2cnccc2C(F)(F)F)C1. The summed E-state index contributed by atoms with van der Waals surface area (Å²) in [6.45, 7) is 5.13. The van der Waals surface area contributed by atoms with Gasteiger partial charge in [-0.3, -0.25) is 4.98 Å². The molecule has 0 bridgehead atoms. The summed E-state index contributed by atoms with van der Waals surface area (Å²) in [7, 11) is 0. The molecule has 0 aliphatic carbocycles. The van der Waals surface area contributed by atoms with Gasteiger partial charge in [0.15, 0.2) is 0 Å². The fourth-order valence-corrected chi connectivity index (χ4v) is 2.16. The Morgan fingerprint density at radius 2 is 2.18 bits per heavy atom. The smallest absolute Gasteiger partial charge is 0.370 e. The quantitative estimate of drug-likeness (QED) is 0.753. The zero-order valence-corrected chi connectivity index (χ0v) is 9.37. The van der Waals surface area contributed by atoms with Crippen molar-refractivity contribution in [3.8, 4) is 0 Å². The highest BCUT2D eigenvalue weighted by molar-refractivity contribution is 5.53. The highest BCUT2D eigenvalue weighted by Crippen LogP contribution is 2.37. The molecule has 17 heavy (non-hydrogen) atoms. The van der Waals surface area contributed by atoms with Gasteiger partial charge in [-0.1, -0.05) is 0 Å². The van der Waals surface area contributed by atoms with Gasteiger partial charge in [0.2, 0.25) is 0 Å². The van der Waals surface area contributed by atoms with Crippen molar-refractivity contribution in [2.45, 2.75) is 19.0 Å². The van der Waals surface area contributed by atoms with Crippen LogP contribution in [0.5, 0.6) is 0 Å². The van der Waals surface area contributed by atoms with Gasteiger partial charge in [0.1, 0.15) is 0 Å². The molecule has 1 radical (unpaired) electrons. The first-order chi connectivity index (χ1) is 7.98. The second-order valence-corrected chi connectivity index (χ2v) is 4.34. The number of nitrogens with zero attached hydrogens (tertiary/aromatic N) is 2. The molecule has 1 fully saturated rings. The van der Waals surface area contributed by atoms with Crippen LogP contribution in [0.15, 0.2) is 18.5 Å². The van der Waals surface area contributed by atoms with E-state index >= 15 is 0 Å². The fourth-order valence-electron chi connectivity index (χ4n) is 2.16. The van der Waals surface area contributed by atoms with Gasteiger partial charge in [-0.25, -0.2) is 0 Å². The molecule has 0 N–H and O–H groups in total. The molecule has 2 heterocycles. The van der Waals surface area contributed by atoms with Crippen molar-refractivity contribution < 1.29 is 13.2 Å². The number of anilines is 1. The molecule has 0 unspecified atom stereocenters. The number of hydrogen-bond donors (Lipinski definition) is 0. The Balaban J connectivity index is 2.31. The standard InChI is InChI=1S/C12H14F3N2/c1-9-3-2-6-17(8-9)11-7-16-5-4-10(11)12(13,14)15/h4-5,7,9H,1-3,6,8H2/t9-/m0/s1. The molecule has 1 saturated heterocycles. The van der Waals surface area contributed by atoms with Gasteiger partial charge in [0.25, 0.3) is 0 Å². The summed E-state index contributed by atoms with van der Waals surface area (Å²) >= 11 is 0. The van der Waals surface area contributed by atoms with Gasteiger partial charge in [0, 0.05) is 19.3 Å². The van der Waals surface area contributed by atoms with Crippen LogP contribution < -0.4 is 4.90 Å². The predicted octanol–water partition coefficient (Wildman–Crippen LogP) is 3.15. The van der Waals surface area contributed by atoms with E-state index < -0.39 is 11.7 Å². The molecule has 93 valence electrons. The molecule has 1 aromatic heterocycles. The molecule has 0 aromatic carbocycles. The monoisotopic (exact) mass is 243 g/mol. The summed E-state index contributed by atoms with van der Waals surface area (Å²) in [6.07, 6.45) is -0.0102. The van der Waals surface area contributed by atoms with Crippen molar-refractivity contribution in [1.29, 1.82) is 0 Å². The van der Waals surface area contributed by atoms with Crippen molar-refractivity contribution in [1.82, 2.24) is 4.98 Å². The van der Waals surface area contributed by atoms with Crippen molar-refractivity contribution in [2.75, 3.05) is 18.0 Å². The molecular formula is C12H14F3N2. The Kier molecular flexibility index (Phi) is 3.26. The van der Waals surface area contributed by atoms with Crippen molar-refractivity contribution in [2.24, 2.45) is 5.92 Å². The third kappa shape index (κ3) is 2.70. The van der Waals surface area contributed by atoms with E-state index in [1.165, 1.54) is 12.4 Å². The topological polar surface area (TPSA) is 16.1 Å². The summed E-state index contributed by atoms with van der Waals surface area (Å²) in [5, 5.41) is 0. The lowest BCUT2D eigenvalue weighted by Gasteiger charge is -2.33. The third-order valence-corrected chi connectivity index (χ3v) is 2.97. The second-order valence-electron chi connectivity index (χ2n) is 4.34. The van der Waals surface area contributed by atoms with Crippen molar-refractivity contribution >= 4 is 5.69 Å². The summed E-state index contributed by atoms with van der Waals surface area (Å²) in [5.41, 5.74) is -0.435. The highest BCUT2D eigenvalue weighted by atomic mass is 19.4. The Hall–Kier alpha value is -1.26. The first kappa shape index (κ1) is 12.2. The van der Waals surface area contributed by atoms with E-state index in [1.807, 2.05) is 0 Å². The molecule has 2 nitrogen and oxygen atoms in total. The molecular weight excluding hydrogens is 229 g/mol. The molecule has 1 aliphatic heterocycles. The molecule has 2 rings (SSSR count). The third-order valence-electron chi connectivity index (χ3n) is 2.97. The van der Waals surface area contributed by atoms with E-state index in [0.29, 0.717) is 13.1 Å². The van der Waals surface area contributed by atoms with Gasteiger partial charge in [-0.2, -0.15) is 13.2 Å². The molecule has 1 atom stereocenters. The van der Waals surface area contributed by atoms with Crippen LogP contribution in [0.4, 0.5) is 18.9 Å². The van der Waals surface area contributed by atoms with Gasteiger partial charge < -0.3 is 4.90 Å². The number of aromatic nitrogens is 1. The van der Waals surface area contributed by atoms with Crippen LogP contribution in [0.2, 0.25) is 0 Å². The Bertz CT molecular complexity index is 390. The van der Waals surface area contributed by atoms with Crippen LogP contribution in [-0.4, -0.2) is 18.1 Å². The van der Waals surface area contributed by atoms with Crippen molar-refractivity contribution in [3.05, 3.63) is 30.9 Å². The lowest BCUT2D eigenvalue weighted by atomic mass is 9.99. The number of rotatable bonds is 1. The number of alkyl halides is 3. The lowest BCUT2D eigenvalue weighted by Crippen LogP contribution is -2.35. The molecule has 5 heteroatoms. The molecule has 0 amide bonds. The summed E-state index contributed by atoms with van der Waals surface area (Å²) in [5.74, 6) is 0.185. The maximum absolute atomic E-state index is 12.8. The van der Waals surface area contributed by atoms with Crippen LogP contribution >= 0.6 is 0 Å². The Morgan fingerprint density at radius 3 is 2.82 bits per heavy atom. The zero-order chi connectivity index (χ0) is 12.5. The molecule has 0 spiro atoms. The lowest BCUT2D eigenvalue weighted by molar-refractivity contribution is -0.137. The van der Waals surface area contributed by atoms with E-state index in [2.05, 4.69) is 11.9 Å². The van der Waals surface area contributed by atoms with E-state index in [-0.39, 0.29) is 11.6 Å². The van der Waals surface area contributed by atoms with Crippen molar-refractivity contribution in [3.63, 3.8) is 0 Å². The predicted molar refractivity (Wildman–Crippen MR) is 59.5 cm³/mol. The van der Waals surface area contributed by atoms with E-state index in [0.717, 1.165) is 18.9 Å². The van der Waals surface area contributed by atoms with E-state index in [4.69, 9.17) is 0 Å². The first-order valence-corrected chi connectivity index (χ1v) is 5.57. The number of piperidine rings is 1. The number of hydrogen-bond acceptors (Lipinski definition) is 2. The summed E-state index contributed by atoms with van der Waals surface area (Å²) in [4.78, 5) is 5.53. The molecule has 0 saturated carbocycles. The summed E-state index contributed by atoms with van der Waals surface area (Å²) < 4.78 is 38.5. The average Bonchev–Trinajstić information content (AvgIpc) is 2.28. The highest BCUT2D eigenvalue weighted by Gasteiger charge is 2.35. The maximum atomic E-state index is 12.8. The Labute approximate surface area is 98.5 Å². The van der Waals surface area contributed by atoms with Gasteiger partial charge in [0.05, 0.1) is 17.4 Å². The van der Waals surface area contributed by atoms with Gasteiger partial charge in [-0.15, -0.1) is 0 Å². The minimum atomic E-state index is -4.33. The van der Waals surface area contributed by atoms with Gasteiger partial charge in [-0.05, 0) is 31.7 Å². The van der Waals surface area contributed by atoms with Crippen LogP contribution in [0.3, 0.4) is 0 Å². The van der Waals surface area contributed by atoms with Crippen LogP contribution in [0, 0.1) is 12.8 Å². The molecule has 1 aromatic rings. The van der Waals surface area contributed by atoms with Crippen LogP contribution in [0.1, 0.15) is 18.4 Å². The zero-order valence-electron chi connectivity index (χ0n) is 9.37. The summed E-state index contributed by atoms with van der Waals surface area (Å²) in [6, 6.07) is 1.03. The number of halogens is 3.